The highest BCUT2D eigenvalue weighted by molar-refractivity contribution is 5.93. The van der Waals surface area contributed by atoms with Gasteiger partial charge in [0.1, 0.15) is 11.3 Å². The minimum Gasteiger partial charge on any atom is -0.497 e. The summed E-state index contributed by atoms with van der Waals surface area (Å²) in [6.07, 6.45) is 1.12. The van der Waals surface area contributed by atoms with Crippen molar-refractivity contribution in [3.05, 3.63) is 47.3 Å². The summed E-state index contributed by atoms with van der Waals surface area (Å²) in [5.41, 5.74) is 2.09. The van der Waals surface area contributed by atoms with Gasteiger partial charge in [-0.05, 0) is 31.5 Å². The molecule has 7 heteroatoms. The minimum atomic E-state index is -0.783. The highest BCUT2D eigenvalue weighted by Gasteiger charge is 2.42. The molecule has 2 unspecified atom stereocenters. The van der Waals surface area contributed by atoms with Crippen LogP contribution in [0.15, 0.2) is 30.5 Å². The molecule has 0 aliphatic carbocycles. The van der Waals surface area contributed by atoms with Gasteiger partial charge >= 0.3 is 5.97 Å². The molecular weight excluding hydrogens is 334 g/mol. The molecule has 26 heavy (non-hydrogen) atoms. The molecule has 1 aromatic carbocycles. The van der Waals surface area contributed by atoms with Gasteiger partial charge in [0.2, 0.25) is 0 Å². The second kappa shape index (κ2) is 7.19. The smallest absolute Gasteiger partial charge is 0.342 e. The molecule has 3 rings (SSSR count). The van der Waals surface area contributed by atoms with Crippen LogP contribution in [0, 0.1) is 6.92 Å². The van der Waals surface area contributed by atoms with Crippen molar-refractivity contribution < 1.29 is 19.1 Å². The molecule has 0 bridgehead atoms. The molecule has 2 aromatic rings. The summed E-state index contributed by atoms with van der Waals surface area (Å²) >= 11 is 0. The van der Waals surface area contributed by atoms with Crippen LogP contribution in [-0.2, 0) is 16.6 Å². The molecule has 1 aromatic heterocycles. The average Bonchev–Trinajstić information content (AvgIpc) is 3.15. The molecule has 1 saturated heterocycles. The van der Waals surface area contributed by atoms with Gasteiger partial charge in [-0.1, -0.05) is 12.1 Å². The number of benzene rings is 1. The third kappa shape index (κ3) is 3.16. The zero-order valence-electron chi connectivity index (χ0n) is 15.4. The summed E-state index contributed by atoms with van der Waals surface area (Å²) in [5.74, 6) is 0.0831. The largest absolute Gasteiger partial charge is 0.497 e. The molecule has 1 fully saturated rings. The van der Waals surface area contributed by atoms with Crippen molar-refractivity contribution in [3.63, 3.8) is 0 Å². The second-order valence-electron chi connectivity index (χ2n) is 6.31. The Morgan fingerprint density at radius 1 is 1.31 bits per heavy atom. The van der Waals surface area contributed by atoms with Crippen LogP contribution in [0.25, 0.3) is 0 Å². The number of rotatable bonds is 5. The Balaban J connectivity index is 1.78. The average molecular weight is 357 g/mol. The third-order valence-corrected chi connectivity index (χ3v) is 4.92. The molecule has 7 nitrogen and oxygen atoms in total. The maximum Gasteiger partial charge on any atom is 0.342 e. The molecule has 0 spiro atoms. The summed E-state index contributed by atoms with van der Waals surface area (Å²) in [5, 5.41) is 4.05. The number of aromatic nitrogens is 2. The van der Waals surface area contributed by atoms with Gasteiger partial charge in [0, 0.05) is 25.7 Å². The van der Waals surface area contributed by atoms with E-state index in [2.05, 4.69) is 5.10 Å². The van der Waals surface area contributed by atoms with Crippen molar-refractivity contribution in [2.45, 2.75) is 32.4 Å². The Morgan fingerprint density at radius 2 is 2.00 bits per heavy atom. The van der Waals surface area contributed by atoms with E-state index in [1.807, 2.05) is 31.2 Å². The topological polar surface area (TPSA) is 73.7 Å². The third-order valence-electron chi connectivity index (χ3n) is 4.92. The number of carbonyl (C=O) groups excluding carboxylic acids is 2. The van der Waals surface area contributed by atoms with E-state index >= 15 is 0 Å². The number of esters is 1. The molecule has 0 saturated carbocycles. The summed E-state index contributed by atoms with van der Waals surface area (Å²) in [7, 11) is 3.37. The zero-order valence-corrected chi connectivity index (χ0v) is 15.4. The minimum absolute atomic E-state index is 0.119. The van der Waals surface area contributed by atoms with Gasteiger partial charge in [-0.2, -0.15) is 5.10 Å². The fourth-order valence-corrected chi connectivity index (χ4v) is 3.28. The number of methoxy groups -OCH3 is 1. The van der Waals surface area contributed by atoms with Gasteiger partial charge in [0.05, 0.1) is 19.3 Å². The normalized spacial score (nSPS) is 19.7. The number of likely N-dealkylation sites (tertiary alicyclic amines) is 1. The van der Waals surface area contributed by atoms with E-state index in [-0.39, 0.29) is 11.9 Å². The summed E-state index contributed by atoms with van der Waals surface area (Å²) in [6, 6.07) is 7.49. The molecule has 1 aliphatic rings. The first-order valence-electron chi connectivity index (χ1n) is 8.60. The van der Waals surface area contributed by atoms with Gasteiger partial charge in [-0.15, -0.1) is 0 Å². The first-order valence-corrected chi connectivity index (χ1v) is 8.60. The predicted octanol–water partition coefficient (Wildman–Crippen LogP) is 2.26. The molecule has 1 aliphatic heterocycles. The molecular formula is C19H23N3O4. The molecule has 0 N–H and O–H groups in total. The lowest BCUT2D eigenvalue weighted by Gasteiger charge is -2.23. The van der Waals surface area contributed by atoms with E-state index in [1.54, 1.807) is 30.7 Å². The van der Waals surface area contributed by atoms with Crippen LogP contribution in [0.1, 0.15) is 41.0 Å². The number of hydrogen-bond acceptors (Lipinski definition) is 5. The van der Waals surface area contributed by atoms with E-state index in [9.17, 15) is 9.59 Å². The zero-order chi connectivity index (χ0) is 18.8. The second-order valence-corrected chi connectivity index (χ2v) is 6.31. The fraction of sp³-hybridized carbons (Fsp3) is 0.421. The lowest BCUT2D eigenvalue weighted by Crippen LogP contribution is -2.32. The fourth-order valence-electron chi connectivity index (χ4n) is 3.28. The number of aryl methyl sites for hydroxylation is 1. The molecule has 0 radical (unpaired) electrons. The Hall–Kier alpha value is -2.83. The summed E-state index contributed by atoms with van der Waals surface area (Å²) in [6.45, 7) is 4.26. The number of likely N-dealkylation sites (N-methyl/N-ethyl adjacent to an activating group) is 1. The van der Waals surface area contributed by atoms with E-state index in [1.165, 1.54) is 6.20 Å². The Morgan fingerprint density at radius 3 is 2.54 bits per heavy atom. The highest BCUT2D eigenvalue weighted by Crippen LogP contribution is 2.35. The van der Waals surface area contributed by atoms with Crippen LogP contribution < -0.4 is 4.74 Å². The molecule has 2 heterocycles. The van der Waals surface area contributed by atoms with Gasteiger partial charge in [-0.25, -0.2) is 4.79 Å². The molecule has 1 amide bonds. The van der Waals surface area contributed by atoms with Crippen molar-refractivity contribution in [1.82, 2.24) is 14.7 Å². The van der Waals surface area contributed by atoms with E-state index in [0.29, 0.717) is 24.2 Å². The van der Waals surface area contributed by atoms with Crippen molar-refractivity contribution in [3.8, 4) is 5.75 Å². The van der Waals surface area contributed by atoms with Crippen molar-refractivity contribution in [1.29, 1.82) is 0 Å². The maximum absolute atomic E-state index is 12.7. The highest BCUT2D eigenvalue weighted by atomic mass is 16.5. The number of carbonyl (C=O) groups is 2. The Bertz CT molecular complexity index is 813. The number of ether oxygens (including phenoxy) is 2. The summed E-state index contributed by atoms with van der Waals surface area (Å²) in [4.78, 5) is 26.9. The van der Waals surface area contributed by atoms with Gasteiger partial charge < -0.3 is 14.4 Å². The lowest BCUT2D eigenvalue weighted by atomic mass is 10.0. The SMILES string of the molecule is CCN1C(=O)C(OC(=O)c2cnn(C)c2C)CC1c1ccc(OC)cc1. The number of hydrogen-bond donors (Lipinski definition) is 0. The van der Waals surface area contributed by atoms with Gasteiger partial charge in [0.25, 0.3) is 5.91 Å². The van der Waals surface area contributed by atoms with Crippen LogP contribution >= 0.6 is 0 Å². The lowest BCUT2D eigenvalue weighted by molar-refractivity contribution is -0.135. The van der Waals surface area contributed by atoms with E-state index in [0.717, 1.165) is 11.3 Å². The standard InChI is InChI=1S/C19H23N3O4/c1-5-22-16(13-6-8-14(25-4)9-7-13)10-17(18(22)23)26-19(24)15-11-20-21(3)12(15)2/h6-9,11,16-17H,5,10H2,1-4H3. The molecule has 2 atom stereocenters. The van der Waals surface area contributed by atoms with Crippen LogP contribution in [0.4, 0.5) is 0 Å². The quantitative estimate of drug-likeness (QED) is 0.768. The first-order chi connectivity index (χ1) is 12.5. The van der Waals surface area contributed by atoms with Crippen molar-refractivity contribution in [2.75, 3.05) is 13.7 Å². The van der Waals surface area contributed by atoms with Crippen molar-refractivity contribution in [2.24, 2.45) is 7.05 Å². The van der Waals surface area contributed by atoms with Gasteiger partial charge in [0.15, 0.2) is 6.10 Å². The maximum atomic E-state index is 12.7. The Kier molecular flexibility index (Phi) is 4.97. The van der Waals surface area contributed by atoms with E-state index in [4.69, 9.17) is 9.47 Å². The van der Waals surface area contributed by atoms with Crippen LogP contribution in [0.2, 0.25) is 0 Å². The van der Waals surface area contributed by atoms with Crippen molar-refractivity contribution >= 4 is 11.9 Å². The molecule has 138 valence electrons. The first kappa shape index (κ1) is 18.0. The van der Waals surface area contributed by atoms with Crippen LogP contribution in [0.5, 0.6) is 5.75 Å². The number of amides is 1. The predicted molar refractivity (Wildman–Crippen MR) is 94.9 cm³/mol. The summed E-state index contributed by atoms with van der Waals surface area (Å²) < 4.78 is 12.3. The van der Waals surface area contributed by atoms with Crippen LogP contribution in [-0.4, -0.2) is 46.3 Å². The van der Waals surface area contributed by atoms with Gasteiger partial charge in [-0.3, -0.25) is 9.48 Å². The van der Waals surface area contributed by atoms with Crippen LogP contribution in [0.3, 0.4) is 0 Å². The monoisotopic (exact) mass is 357 g/mol. The Labute approximate surface area is 152 Å². The number of nitrogens with zero attached hydrogens (tertiary/aromatic N) is 3. The van der Waals surface area contributed by atoms with E-state index < -0.39 is 12.1 Å².